The predicted molar refractivity (Wildman–Crippen MR) is 67.4 cm³/mol. The molecule has 0 atom stereocenters. The van der Waals surface area contributed by atoms with E-state index in [1.165, 1.54) is 0 Å². The number of hydrogen-bond donors (Lipinski definition) is 1. The van der Waals surface area contributed by atoms with Gasteiger partial charge in [0.2, 0.25) is 0 Å². The number of carbonyl (C=O) groups is 1. The highest BCUT2D eigenvalue weighted by Gasteiger charge is 2.11. The summed E-state index contributed by atoms with van der Waals surface area (Å²) in [5.41, 5.74) is 0.313. The van der Waals surface area contributed by atoms with Gasteiger partial charge < -0.3 is 10.1 Å². The third-order valence-electron chi connectivity index (χ3n) is 2.39. The molecule has 0 amide bonds. The van der Waals surface area contributed by atoms with Crippen LogP contribution in [0.15, 0.2) is 0 Å². The molecule has 0 rings (SSSR count). The fourth-order valence-corrected chi connectivity index (χ4v) is 1.43. The first-order chi connectivity index (χ1) is 7.45. The van der Waals surface area contributed by atoms with E-state index < -0.39 is 0 Å². The molecule has 3 nitrogen and oxygen atoms in total. The number of unbranched alkanes of at least 4 members (excludes halogenated alkanes) is 1. The molecule has 0 aromatic heterocycles. The van der Waals surface area contributed by atoms with Gasteiger partial charge in [0.25, 0.3) is 0 Å². The van der Waals surface area contributed by atoms with Crippen molar-refractivity contribution in [3.63, 3.8) is 0 Å². The molecule has 0 radical (unpaired) electrons. The first-order valence-corrected chi connectivity index (χ1v) is 6.26. The highest BCUT2D eigenvalue weighted by Crippen LogP contribution is 2.21. The predicted octanol–water partition coefficient (Wildman–Crippen LogP) is 2.75. The molecule has 0 bridgehead atoms. The SMILES string of the molecule is CNCCCCOC(=O)CCCC(C)(C)C. The van der Waals surface area contributed by atoms with Gasteiger partial charge in [-0.15, -0.1) is 0 Å². The summed E-state index contributed by atoms with van der Waals surface area (Å²) >= 11 is 0. The Hall–Kier alpha value is -0.570. The Morgan fingerprint density at radius 3 is 2.44 bits per heavy atom. The van der Waals surface area contributed by atoms with Crippen LogP contribution in [0.2, 0.25) is 0 Å². The largest absolute Gasteiger partial charge is 0.466 e. The number of carbonyl (C=O) groups excluding carboxylic acids is 1. The fourth-order valence-electron chi connectivity index (χ4n) is 1.43. The maximum Gasteiger partial charge on any atom is 0.305 e. The van der Waals surface area contributed by atoms with E-state index in [0.29, 0.717) is 18.4 Å². The molecule has 0 aliphatic rings. The van der Waals surface area contributed by atoms with E-state index >= 15 is 0 Å². The lowest BCUT2D eigenvalue weighted by molar-refractivity contribution is -0.143. The molecule has 0 aliphatic carbocycles. The zero-order chi connectivity index (χ0) is 12.4. The smallest absolute Gasteiger partial charge is 0.305 e. The lowest BCUT2D eigenvalue weighted by atomic mass is 9.90. The van der Waals surface area contributed by atoms with Crippen LogP contribution in [0.25, 0.3) is 0 Å². The van der Waals surface area contributed by atoms with E-state index in [1.807, 2.05) is 7.05 Å². The number of hydrogen-bond acceptors (Lipinski definition) is 3. The van der Waals surface area contributed by atoms with Crippen LogP contribution in [0.4, 0.5) is 0 Å². The molecular formula is C13H27NO2. The van der Waals surface area contributed by atoms with Gasteiger partial charge in [0.15, 0.2) is 0 Å². The van der Waals surface area contributed by atoms with Crippen molar-refractivity contribution in [1.82, 2.24) is 5.32 Å². The van der Waals surface area contributed by atoms with Crippen LogP contribution in [0.5, 0.6) is 0 Å². The van der Waals surface area contributed by atoms with Crippen LogP contribution in [-0.2, 0) is 9.53 Å². The second-order valence-electron chi connectivity index (χ2n) is 5.45. The Morgan fingerprint density at radius 1 is 1.19 bits per heavy atom. The summed E-state index contributed by atoms with van der Waals surface area (Å²) in [5, 5.41) is 3.07. The number of esters is 1. The minimum atomic E-state index is -0.0475. The van der Waals surface area contributed by atoms with E-state index in [2.05, 4.69) is 26.1 Å². The van der Waals surface area contributed by atoms with Gasteiger partial charge in [0.05, 0.1) is 6.61 Å². The Bertz CT molecular complexity index is 185. The standard InChI is InChI=1S/C13H27NO2/c1-13(2,3)9-7-8-12(15)16-11-6-5-10-14-4/h14H,5-11H2,1-4H3. The van der Waals surface area contributed by atoms with Crippen LogP contribution in [-0.4, -0.2) is 26.2 Å². The van der Waals surface area contributed by atoms with Crippen molar-refractivity contribution < 1.29 is 9.53 Å². The molecule has 0 saturated carbocycles. The van der Waals surface area contributed by atoms with Gasteiger partial charge in [-0.3, -0.25) is 4.79 Å². The molecule has 0 aromatic rings. The maximum atomic E-state index is 11.3. The minimum absolute atomic E-state index is 0.0475. The van der Waals surface area contributed by atoms with Crippen LogP contribution < -0.4 is 5.32 Å². The van der Waals surface area contributed by atoms with Crippen molar-refractivity contribution in [2.75, 3.05) is 20.2 Å². The molecule has 3 heteroatoms. The van der Waals surface area contributed by atoms with Gasteiger partial charge in [0.1, 0.15) is 0 Å². The summed E-state index contributed by atoms with van der Waals surface area (Å²) < 4.78 is 5.14. The van der Waals surface area contributed by atoms with E-state index in [0.717, 1.165) is 32.2 Å². The van der Waals surface area contributed by atoms with Crippen molar-refractivity contribution in [2.45, 2.75) is 52.9 Å². The first-order valence-electron chi connectivity index (χ1n) is 6.26. The fraction of sp³-hybridized carbons (Fsp3) is 0.923. The zero-order valence-corrected chi connectivity index (χ0v) is 11.3. The molecule has 0 spiro atoms. The Labute approximate surface area is 99.9 Å². The van der Waals surface area contributed by atoms with Gasteiger partial charge in [-0.05, 0) is 44.7 Å². The van der Waals surface area contributed by atoms with Crippen molar-refractivity contribution in [1.29, 1.82) is 0 Å². The third kappa shape index (κ3) is 11.5. The average Bonchev–Trinajstić information content (AvgIpc) is 2.15. The van der Waals surface area contributed by atoms with Gasteiger partial charge in [-0.1, -0.05) is 20.8 Å². The summed E-state index contributed by atoms with van der Waals surface area (Å²) in [6, 6.07) is 0. The summed E-state index contributed by atoms with van der Waals surface area (Å²) in [4.78, 5) is 11.3. The van der Waals surface area contributed by atoms with Gasteiger partial charge in [-0.2, -0.15) is 0 Å². The summed E-state index contributed by atoms with van der Waals surface area (Å²) in [6.07, 6.45) is 4.57. The van der Waals surface area contributed by atoms with E-state index in [9.17, 15) is 4.79 Å². The summed E-state index contributed by atoms with van der Waals surface area (Å²) in [6.45, 7) is 8.12. The molecule has 1 N–H and O–H groups in total. The molecule has 0 fully saturated rings. The van der Waals surface area contributed by atoms with Crippen LogP contribution in [0, 0.1) is 5.41 Å². The second-order valence-corrected chi connectivity index (χ2v) is 5.45. The van der Waals surface area contributed by atoms with Crippen LogP contribution in [0.1, 0.15) is 52.9 Å². The number of ether oxygens (including phenoxy) is 1. The van der Waals surface area contributed by atoms with E-state index in [4.69, 9.17) is 4.74 Å². The van der Waals surface area contributed by atoms with Crippen molar-refractivity contribution in [3.05, 3.63) is 0 Å². The quantitative estimate of drug-likeness (QED) is 0.514. The van der Waals surface area contributed by atoms with E-state index in [-0.39, 0.29) is 5.97 Å². The molecule has 96 valence electrons. The topological polar surface area (TPSA) is 38.3 Å². The number of rotatable bonds is 8. The van der Waals surface area contributed by atoms with Gasteiger partial charge in [0, 0.05) is 6.42 Å². The Balaban J connectivity index is 3.32. The molecule has 0 saturated heterocycles. The van der Waals surface area contributed by atoms with E-state index in [1.54, 1.807) is 0 Å². The zero-order valence-electron chi connectivity index (χ0n) is 11.3. The highest BCUT2D eigenvalue weighted by molar-refractivity contribution is 5.69. The Kier molecular flexibility index (Phi) is 8.26. The monoisotopic (exact) mass is 229 g/mol. The van der Waals surface area contributed by atoms with Crippen molar-refractivity contribution in [3.8, 4) is 0 Å². The summed E-state index contributed by atoms with van der Waals surface area (Å²) in [7, 11) is 1.93. The molecule has 16 heavy (non-hydrogen) atoms. The second kappa shape index (κ2) is 8.57. The lowest BCUT2D eigenvalue weighted by Gasteiger charge is -2.17. The lowest BCUT2D eigenvalue weighted by Crippen LogP contribution is -2.11. The third-order valence-corrected chi connectivity index (χ3v) is 2.39. The average molecular weight is 229 g/mol. The normalized spacial score (nSPS) is 11.5. The molecular weight excluding hydrogens is 202 g/mol. The first kappa shape index (κ1) is 15.4. The molecule has 0 aromatic carbocycles. The van der Waals surface area contributed by atoms with Gasteiger partial charge >= 0.3 is 5.97 Å². The molecule has 0 unspecified atom stereocenters. The summed E-state index contributed by atoms with van der Waals surface area (Å²) in [5.74, 6) is -0.0475. The van der Waals surface area contributed by atoms with Crippen molar-refractivity contribution in [2.24, 2.45) is 5.41 Å². The molecule has 0 heterocycles. The van der Waals surface area contributed by atoms with Crippen LogP contribution in [0.3, 0.4) is 0 Å². The van der Waals surface area contributed by atoms with Gasteiger partial charge in [-0.25, -0.2) is 0 Å². The van der Waals surface area contributed by atoms with Crippen LogP contribution >= 0.6 is 0 Å². The highest BCUT2D eigenvalue weighted by atomic mass is 16.5. The maximum absolute atomic E-state index is 11.3. The molecule has 0 aliphatic heterocycles. The van der Waals surface area contributed by atoms with Crippen molar-refractivity contribution >= 4 is 5.97 Å². The Morgan fingerprint density at radius 2 is 1.88 bits per heavy atom. The number of nitrogens with one attached hydrogen (secondary N) is 1. The minimum Gasteiger partial charge on any atom is -0.466 e.